The second-order valence-corrected chi connectivity index (χ2v) is 6.13. The zero-order chi connectivity index (χ0) is 15.9. The Morgan fingerprint density at radius 3 is 2.82 bits per heavy atom. The van der Waals surface area contributed by atoms with Gasteiger partial charge in [0.25, 0.3) is 0 Å². The molecule has 22 heavy (non-hydrogen) atoms. The molecule has 0 spiro atoms. The fourth-order valence-corrected chi connectivity index (χ4v) is 3.81. The highest BCUT2D eigenvalue weighted by Crippen LogP contribution is 2.42. The van der Waals surface area contributed by atoms with Gasteiger partial charge in [-0.2, -0.15) is 18.3 Å². The minimum absolute atomic E-state index is 0.0884. The SMILES string of the molecule is COC(=O)c1csc(N2N=C(C(F)(F)F)[C@H]3CCCC[C@@H]32)n1. The molecule has 1 saturated carbocycles. The number of aromatic nitrogens is 1. The van der Waals surface area contributed by atoms with Gasteiger partial charge in [-0.15, -0.1) is 11.3 Å². The second kappa shape index (κ2) is 5.53. The van der Waals surface area contributed by atoms with Crippen LogP contribution in [0.3, 0.4) is 0 Å². The molecule has 3 rings (SSSR count). The van der Waals surface area contributed by atoms with Crippen molar-refractivity contribution in [2.45, 2.75) is 37.9 Å². The Morgan fingerprint density at radius 2 is 2.14 bits per heavy atom. The van der Waals surface area contributed by atoms with E-state index < -0.39 is 23.8 Å². The summed E-state index contributed by atoms with van der Waals surface area (Å²) in [6, 6.07) is -0.331. The number of halogens is 3. The van der Waals surface area contributed by atoms with E-state index in [0.29, 0.717) is 18.0 Å². The molecule has 2 aliphatic rings. The fourth-order valence-electron chi connectivity index (χ4n) is 3.01. The third-order valence-corrected chi connectivity index (χ3v) is 4.81. The number of hydrazone groups is 1. The molecule has 5 nitrogen and oxygen atoms in total. The maximum Gasteiger partial charge on any atom is 0.431 e. The zero-order valence-electron chi connectivity index (χ0n) is 11.8. The van der Waals surface area contributed by atoms with Crippen molar-refractivity contribution in [1.82, 2.24) is 4.98 Å². The van der Waals surface area contributed by atoms with Crippen molar-refractivity contribution in [3.8, 4) is 0 Å². The normalized spacial score (nSPS) is 24.9. The number of fused-ring (bicyclic) bond motifs is 1. The van der Waals surface area contributed by atoms with Gasteiger partial charge in [-0.25, -0.2) is 14.8 Å². The average Bonchev–Trinajstić information content (AvgIpc) is 3.10. The van der Waals surface area contributed by atoms with Crippen LogP contribution >= 0.6 is 11.3 Å². The number of hydrogen-bond donors (Lipinski definition) is 0. The van der Waals surface area contributed by atoms with Gasteiger partial charge in [-0.3, -0.25) is 0 Å². The van der Waals surface area contributed by atoms with Gasteiger partial charge >= 0.3 is 12.1 Å². The minimum atomic E-state index is -4.43. The van der Waals surface area contributed by atoms with Crippen LogP contribution in [0, 0.1) is 5.92 Å². The molecule has 9 heteroatoms. The number of esters is 1. The van der Waals surface area contributed by atoms with Gasteiger partial charge < -0.3 is 4.74 Å². The molecular formula is C13H14F3N3O2S. The summed E-state index contributed by atoms with van der Waals surface area (Å²) in [5, 5.41) is 6.91. The maximum absolute atomic E-state index is 13.2. The van der Waals surface area contributed by atoms with Crippen LogP contribution in [0.25, 0.3) is 0 Å². The van der Waals surface area contributed by atoms with E-state index in [1.54, 1.807) is 0 Å². The Balaban J connectivity index is 1.93. The van der Waals surface area contributed by atoms with Gasteiger partial charge in [0.15, 0.2) is 5.69 Å². The number of hydrogen-bond acceptors (Lipinski definition) is 6. The van der Waals surface area contributed by atoms with Gasteiger partial charge in [0.05, 0.1) is 13.2 Å². The summed E-state index contributed by atoms with van der Waals surface area (Å²) in [5.41, 5.74) is -0.641. The lowest BCUT2D eigenvalue weighted by Crippen LogP contribution is -2.39. The Morgan fingerprint density at radius 1 is 1.41 bits per heavy atom. The van der Waals surface area contributed by atoms with E-state index in [9.17, 15) is 18.0 Å². The van der Waals surface area contributed by atoms with Crippen molar-refractivity contribution in [3.63, 3.8) is 0 Å². The molecule has 1 aliphatic heterocycles. The lowest BCUT2D eigenvalue weighted by molar-refractivity contribution is -0.0628. The predicted molar refractivity (Wildman–Crippen MR) is 75.2 cm³/mol. The molecule has 1 aliphatic carbocycles. The maximum atomic E-state index is 13.2. The van der Waals surface area contributed by atoms with Crippen LogP contribution in [-0.4, -0.2) is 36.0 Å². The highest BCUT2D eigenvalue weighted by atomic mass is 32.1. The largest absolute Gasteiger partial charge is 0.464 e. The summed E-state index contributed by atoms with van der Waals surface area (Å²) in [4.78, 5) is 15.5. The molecule has 0 saturated heterocycles. The first-order chi connectivity index (χ1) is 10.4. The van der Waals surface area contributed by atoms with Crippen LogP contribution in [0.1, 0.15) is 36.2 Å². The van der Waals surface area contributed by atoms with Crippen LogP contribution < -0.4 is 5.01 Å². The summed E-state index contributed by atoms with van der Waals surface area (Å²) >= 11 is 1.10. The quantitative estimate of drug-likeness (QED) is 0.780. The van der Waals surface area contributed by atoms with Crippen LogP contribution in [0.4, 0.5) is 18.3 Å². The lowest BCUT2D eigenvalue weighted by Gasteiger charge is -2.30. The van der Waals surface area contributed by atoms with E-state index >= 15 is 0 Å². The second-order valence-electron chi connectivity index (χ2n) is 5.29. The van der Waals surface area contributed by atoms with Crippen LogP contribution in [0.2, 0.25) is 0 Å². The first-order valence-corrected chi connectivity index (χ1v) is 7.78. The first kappa shape index (κ1) is 15.3. The van der Waals surface area contributed by atoms with Gasteiger partial charge in [0, 0.05) is 11.3 Å². The molecule has 0 radical (unpaired) electrons. The molecule has 1 aromatic rings. The van der Waals surface area contributed by atoms with Crippen LogP contribution in [0.15, 0.2) is 10.5 Å². The molecular weight excluding hydrogens is 319 g/mol. The van der Waals surface area contributed by atoms with E-state index in [2.05, 4.69) is 14.8 Å². The zero-order valence-corrected chi connectivity index (χ0v) is 12.6. The number of ether oxygens (including phenoxy) is 1. The number of alkyl halides is 3. The van der Waals surface area contributed by atoms with Crippen molar-refractivity contribution in [1.29, 1.82) is 0 Å². The van der Waals surface area contributed by atoms with Crippen molar-refractivity contribution >= 4 is 28.1 Å². The van der Waals surface area contributed by atoms with Gasteiger partial charge in [-0.05, 0) is 12.8 Å². The predicted octanol–water partition coefficient (Wildman–Crippen LogP) is 3.23. The molecule has 2 atom stereocenters. The molecule has 2 heterocycles. The molecule has 0 bridgehead atoms. The van der Waals surface area contributed by atoms with Crippen LogP contribution in [0.5, 0.6) is 0 Å². The molecule has 1 aromatic heterocycles. The summed E-state index contributed by atoms with van der Waals surface area (Å²) in [6.07, 6.45) is -1.67. The Hall–Kier alpha value is -1.64. The average molecular weight is 333 g/mol. The molecule has 0 amide bonds. The van der Waals surface area contributed by atoms with E-state index in [-0.39, 0.29) is 11.7 Å². The molecule has 120 valence electrons. The van der Waals surface area contributed by atoms with Crippen LogP contribution in [-0.2, 0) is 4.74 Å². The molecule has 0 unspecified atom stereocenters. The topological polar surface area (TPSA) is 54.8 Å². The summed E-state index contributed by atoms with van der Waals surface area (Å²) < 4.78 is 44.0. The van der Waals surface area contributed by atoms with Crippen molar-refractivity contribution in [3.05, 3.63) is 11.1 Å². The van der Waals surface area contributed by atoms with Crippen molar-refractivity contribution in [2.75, 3.05) is 12.1 Å². The number of thiazole rings is 1. The number of methoxy groups -OCH3 is 1. The monoisotopic (exact) mass is 333 g/mol. The van der Waals surface area contributed by atoms with Crippen molar-refractivity contribution < 1.29 is 22.7 Å². The van der Waals surface area contributed by atoms with Gasteiger partial charge in [-0.1, -0.05) is 12.8 Å². The highest BCUT2D eigenvalue weighted by Gasteiger charge is 2.51. The molecule has 0 aromatic carbocycles. The third-order valence-electron chi connectivity index (χ3n) is 3.98. The Bertz CT molecular complexity index is 614. The number of nitrogens with zero attached hydrogens (tertiary/aromatic N) is 3. The Kier molecular flexibility index (Phi) is 3.84. The van der Waals surface area contributed by atoms with Gasteiger partial charge in [0.2, 0.25) is 5.13 Å². The van der Waals surface area contributed by atoms with E-state index in [0.717, 1.165) is 24.2 Å². The molecule has 1 fully saturated rings. The number of carbonyl (C=O) groups is 1. The lowest BCUT2D eigenvalue weighted by atomic mass is 9.82. The van der Waals surface area contributed by atoms with Crippen molar-refractivity contribution in [2.24, 2.45) is 11.0 Å². The fraction of sp³-hybridized carbons (Fsp3) is 0.615. The van der Waals surface area contributed by atoms with Gasteiger partial charge in [0.1, 0.15) is 5.71 Å². The summed E-state index contributed by atoms with van der Waals surface area (Å²) in [5.74, 6) is -1.22. The summed E-state index contributed by atoms with van der Waals surface area (Å²) in [6.45, 7) is 0. The number of rotatable bonds is 2. The smallest absolute Gasteiger partial charge is 0.431 e. The summed E-state index contributed by atoms with van der Waals surface area (Å²) in [7, 11) is 1.23. The number of carbonyl (C=O) groups excluding carboxylic acids is 1. The first-order valence-electron chi connectivity index (χ1n) is 6.90. The minimum Gasteiger partial charge on any atom is -0.464 e. The van der Waals surface area contributed by atoms with E-state index in [1.807, 2.05) is 0 Å². The number of anilines is 1. The highest BCUT2D eigenvalue weighted by molar-refractivity contribution is 7.13. The standard InChI is InChI=1S/C13H14F3N3O2S/c1-21-11(20)8-6-22-12(17-8)19-9-5-3-2-4-7(9)10(18-19)13(14,15)16/h6-7,9H,2-5H2,1H3/t7-,9-/m0/s1. The molecule has 0 N–H and O–H groups in total. The van der Waals surface area contributed by atoms with E-state index in [4.69, 9.17) is 0 Å². The van der Waals surface area contributed by atoms with E-state index in [1.165, 1.54) is 17.5 Å². The third kappa shape index (κ3) is 2.57. The Labute approximate surface area is 128 Å².